The molecule has 0 amide bonds. The molecule has 1 saturated heterocycles. The average Bonchev–Trinajstić information content (AvgIpc) is 3.28. The molecule has 0 aliphatic carbocycles. The number of esters is 5. The Kier molecular flexibility index (Phi) is 13.4. The van der Waals surface area contributed by atoms with E-state index in [1.807, 2.05) is 0 Å². The number of cyclic esters (lactones) is 1. The third-order valence-corrected chi connectivity index (χ3v) is 10.4. The van der Waals surface area contributed by atoms with Gasteiger partial charge in [0.1, 0.15) is 12.7 Å². The number of fused-ring (bicyclic) bond motifs is 1. The monoisotopic (exact) mass is 974 g/mol. The van der Waals surface area contributed by atoms with Crippen LogP contribution in [-0.4, -0.2) is 162 Å². The molecule has 8 atom stereocenters. The van der Waals surface area contributed by atoms with Crippen molar-refractivity contribution in [3.8, 4) is 69.0 Å². The Morgan fingerprint density at radius 3 is 1.48 bits per heavy atom. The minimum absolute atomic E-state index is 0.473. The van der Waals surface area contributed by atoms with Gasteiger partial charge >= 0.3 is 41.8 Å². The number of carbonyl (C=O) groups is 7. The lowest BCUT2D eigenvalue weighted by molar-refractivity contribution is -0.288. The number of phenolic OH excluding ortho intramolecular Hbond substituents is 12. The van der Waals surface area contributed by atoms with Crippen LogP contribution >= 0.6 is 0 Å². The topological polar surface area (TPSA) is 478 Å². The number of ether oxygens (including phenoxy) is 6. The van der Waals surface area contributed by atoms with Crippen molar-refractivity contribution in [2.75, 3.05) is 6.61 Å². The first kappa shape index (κ1) is 49.1. The van der Waals surface area contributed by atoms with Gasteiger partial charge in [-0.2, -0.15) is 0 Å². The molecule has 0 aromatic heterocycles. The molecule has 1 fully saturated rings. The first-order valence-corrected chi connectivity index (χ1v) is 19.1. The quantitative estimate of drug-likeness (QED) is 0.0472. The highest BCUT2D eigenvalue weighted by molar-refractivity contribution is 5.99. The zero-order chi connectivity index (χ0) is 51.1. The van der Waals surface area contributed by atoms with E-state index in [0.29, 0.717) is 42.5 Å². The molecule has 0 spiro atoms. The van der Waals surface area contributed by atoms with E-state index in [1.54, 1.807) is 0 Å². The zero-order valence-corrected chi connectivity index (χ0v) is 34.1. The van der Waals surface area contributed by atoms with Gasteiger partial charge in [-0.25, -0.2) is 24.0 Å². The maximum atomic E-state index is 14.5. The first-order valence-electron chi connectivity index (χ1n) is 19.1. The number of benzene rings is 4. The highest BCUT2D eigenvalue weighted by Crippen LogP contribution is 2.50. The van der Waals surface area contributed by atoms with E-state index in [-0.39, 0.29) is 0 Å². The standard InChI is InChI=1S/C41H34O28/c42-15-1-10(2-16(43)26(15)51)36(59)64-9-22-32(66-40(63)14(8-23(49)50)25-24-13(7-21(48)29(54)30(24)55)39(62)67-33(25)35(57)58)34(68-37(60)11-3-17(44)27(52)18(45)4-11)31(56)41(65-22)69-38(61)12-5-19(46)28(53)20(47)6-12/h1-7,14,22,25,31-34,41-48,51-56H,8-9H2,(H,49,50)(H,57,58). The Hall–Kier alpha value is -9.31. The fourth-order valence-electron chi connectivity index (χ4n) is 7.13. The highest BCUT2D eigenvalue weighted by atomic mass is 16.7. The predicted octanol–water partition coefficient (Wildman–Crippen LogP) is -0.111. The number of aromatic hydroxyl groups is 12. The fourth-order valence-corrected chi connectivity index (χ4v) is 7.13. The lowest BCUT2D eigenvalue weighted by Gasteiger charge is -2.43. The van der Waals surface area contributed by atoms with Crippen LogP contribution in [0.5, 0.6) is 69.0 Å². The summed E-state index contributed by atoms with van der Waals surface area (Å²) in [7, 11) is 0. The minimum Gasteiger partial charge on any atom is -0.504 e. The van der Waals surface area contributed by atoms with Crippen LogP contribution in [0.3, 0.4) is 0 Å². The molecule has 28 heteroatoms. The molecule has 28 nitrogen and oxygen atoms in total. The molecule has 8 unspecified atom stereocenters. The summed E-state index contributed by atoms with van der Waals surface area (Å²) in [5, 5.41) is 153. The maximum absolute atomic E-state index is 14.5. The van der Waals surface area contributed by atoms with E-state index in [2.05, 4.69) is 0 Å². The molecule has 0 radical (unpaired) electrons. The molecule has 69 heavy (non-hydrogen) atoms. The Bertz CT molecular complexity index is 2730. The number of aliphatic carboxylic acids is 2. The lowest BCUT2D eigenvalue weighted by atomic mass is 9.76. The smallest absolute Gasteiger partial charge is 0.345 e. The minimum atomic E-state index is -2.67. The molecule has 4 aromatic carbocycles. The van der Waals surface area contributed by atoms with E-state index in [9.17, 15) is 110 Å². The molecule has 2 aliphatic heterocycles. The van der Waals surface area contributed by atoms with Gasteiger partial charge in [-0.3, -0.25) is 9.59 Å². The number of carbonyl (C=O) groups excluding carboxylic acids is 5. The van der Waals surface area contributed by atoms with Crippen molar-refractivity contribution in [2.45, 2.75) is 49.1 Å². The van der Waals surface area contributed by atoms with Gasteiger partial charge in [-0.1, -0.05) is 0 Å². The summed E-state index contributed by atoms with van der Waals surface area (Å²) < 4.78 is 31.9. The van der Waals surface area contributed by atoms with Crippen LogP contribution in [-0.2, 0) is 42.8 Å². The summed E-state index contributed by atoms with van der Waals surface area (Å²) in [5.74, 6) is -31.1. The largest absolute Gasteiger partial charge is 0.504 e. The van der Waals surface area contributed by atoms with Gasteiger partial charge in [0.05, 0.1) is 40.5 Å². The van der Waals surface area contributed by atoms with Crippen molar-refractivity contribution in [1.29, 1.82) is 0 Å². The second kappa shape index (κ2) is 18.9. The molecular formula is C41H34O28. The van der Waals surface area contributed by atoms with Gasteiger partial charge in [0.25, 0.3) is 0 Å². The summed E-state index contributed by atoms with van der Waals surface area (Å²) in [6, 6.07) is 3.74. The zero-order valence-electron chi connectivity index (χ0n) is 34.1. The predicted molar refractivity (Wildman–Crippen MR) is 211 cm³/mol. The number of hydrogen-bond donors (Lipinski definition) is 15. The first-order chi connectivity index (χ1) is 32.3. The van der Waals surface area contributed by atoms with Gasteiger partial charge in [0.2, 0.25) is 18.1 Å². The molecule has 4 aromatic rings. The summed E-state index contributed by atoms with van der Waals surface area (Å²) in [5.41, 5.74) is -4.20. The van der Waals surface area contributed by atoms with Gasteiger partial charge in [-0.05, 0) is 42.5 Å². The Balaban J connectivity index is 1.48. The van der Waals surface area contributed by atoms with Crippen molar-refractivity contribution >= 4 is 41.8 Å². The number of carboxylic acid groups (broad SMARTS) is 2. The second-order valence-corrected chi connectivity index (χ2v) is 14.8. The van der Waals surface area contributed by atoms with Crippen molar-refractivity contribution in [1.82, 2.24) is 0 Å². The number of phenols is 12. The Morgan fingerprint density at radius 1 is 0.565 bits per heavy atom. The van der Waals surface area contributed by atoms with Crippen molar-refractivity contribution in [2.24, 2.45) is 5.92 Å². The van der Waals surface area contributed by atoms with E-state index in [1.165, 1.54) is 0 Å². The van der Waals surface area contributed by atoms with E-state index in [0.717, 1.165) is 0 Å². The molecular weight excluding hydrogens is 940 g/mol. The van der Waals surface area contributed by atoms with Crippen LogP contribution < -0.4 is 0 Å². The van der Waals surface area contributed by atoms with Gasteiger partial charge in [-0.15, -0.1) is 0 Å². The van der Waals surface area contributed by atoms with Crippen LogP contribution in [0.15, 0.2) is 42.5 Å². The summed E-state index contributed by atoms with van der Waals surface area (Å²) in [6.45, 7) is -1.34. The lowest BCUT2D eigenvalue weighted by Crippen LogP contribution is -2.62. The highest BCUT2D eigenvalue weighted by Gasteiger charge is 2.55. The number of aliphatic hydroxyl groups is 1. The molecule has 6 rings (SSSR count). The number of aliphatic hydroxyl groups excluding tert-OH is 1. The van der Waals surface area contributed by atoms with Crippen LogP contribution in [0.25, 0.3) is 0 Å². The number of rotatable bonds is 13. The van der Waals surface area contributed by atoms with E-state index in [4.69, 9.17) is 28.4 Å². The van der Waals surface area contributed by atoms with Crippen LogP contribution in [0.1, 0.15) is 59.3 Å². The maximum Gasteiger partial charge on any atom is 0.345 e. The molecule has 366 valence electrons. The summed E-state index contributed by atoms with van der Waals surface area (Å²) in [6.07, 6.45) is -16.8. The van der Waals surface area contributed by atoms with Crippen LogP contribution in [0.2, 0.25) is 0 Å². The van der Waals surface area contributed by atoms with Crippen molar-refractivity contribution in [3.63, 3.8) is 0 Å². The second-order valence-electron chi connectivity index (χ2n) is 14.8. The molecule has 15 N–H and O–H groups in total. The fraction of sp³-hybridized carbons (Fsp3) is 0.244. The van der Waals surface area contributed by atoms with Crippen molar-refractivity contribution < 1.29 is 139 Å². The number of hydrogen-bond acceptors (Lipinski definition) is 26. The van der Waals surface area contributed by atoms with E-state index >= 15 is 0 Å². The van der Waals surface area contributed by atoms with Gasteiger partial charge < -0.3 is 105 Å². The molecule has 2 aliphatic rings. The van der Waals surface area contributed by atoms with Gasteiger partial charge in [0, 0.05) is 5.56 Å². The molecule has 0 bridgehead atoms. The summed E-state index contributed by atoms with van der Waals surface area (Å²) >= 11 is 0. The van der Waals surface area contributed by atoms with E-state index < -0.39 is 200 Å². The number of carboxylic acids is 2. The molecule has 0 saturated carbocycles. The average molecular weight is 975 g/mol. The third-order valence-electron chi connectivity index (χ3n) is 10.4. The Morgan fingerprint density at radius 2 is 1.01 bits per heavy atom. The van der Waals surface area contributed by atoms with Crippen LogP contribution in [0, 0.1) is 5.92 Å². The van der Waals surface area contributed by atoms with Gasteiger partial charge in [0.15, 0.2) is 81.6 Å². The third kappa shape index (κ3) is 9.67. The Labute approximate surface area is 381 Å². The SMILES string of the molecule is O=C(O)CC(C(=O)OC1C(COC(=O)c2cc(O)c(O)c(O)c2)OC(OC(=O)c2cc(O)c(O)c(O)c2)C(O)C1OC(=O)c1cc(O)c(O)c(O)c1)C1c2c(cc(O)c(O)c2O)C(=O)OC1C(=O)O. The normalized spacial score (nSPS) is 21.1. The van der Waals surface area contributed by atoms with Crippen molar-refractivity contribution in [3.05, 3.63) is 70.3 Å². The molecule has 2 heterocycles. The van der Waals surface area contributed by atoms with Crippen LogP contribution in [0.4, 0.5) is 0 Å². The summed E-state index contributed by atoms with van der Waals surface area (Å²) in [4.78, 5) is 92.7.